The van der Waals surface area contributed by atoms with Gasteiger partial charge in [0.25, 0.3) is 0 Å². The minimum atomic E-state index is -4.40. The van der Waals surface area contributed by atoms with Crippen LogP contribution in [0.25, 0.3) is 0 Å². The number of pyridine rings is 1. The van der Waals surface area contributed by atoms with Crippen molar-refractivity contribution in [1.82, 2.24) is 14.2 Å². The van der Waals surface area contributed by atoms with Crippen molar-refractivity contribution in [3.63, 3.8) is 0 Å². The predicted molar refractivity (Wildman–Crippen MR) is 101 cm³/mol. The van der Waals surface area contributed by atoms with E-state index in [1.165, 1.54) is 16.5 Å². The van der Waals surface area contributed by atoms with Gasteiger partial charge in [0, 0.05) is 50.7 Å². The number of fused-ring (bicyclic) bond motifs is 1. The van der Waals surface area contributed by atoms with Gasteiger partial charge in [-0.2, -0.15) is 13.2 Å². The third-order valence-corrected chi connectivity index (χ3v) is 6.10. The topological polar surface area (TPSA) is 22.6 Å². The average molecular weight is 394 g/mol. The first-order chi connectivity index (χ1) is 13.0. The molecule has 3 heterocycles. The fourth-order valence-corrected chi connectivity index (χ4v) is 4.46. The van der Waals surface area contributed by atoms with Crippen LogP contribution in [-0.2, 0) is 12.7 Å². The first-order valence-electron chi connectivity index (χ1n) is 9.01. The largest absolute Gasteiger partial charge is 0.433 e. The summed E-state index contributed by atoms with van der Waals surface area (Å²) >= 11 is 1.81. The number of benzene rings is 1. The van der Waals surface area contributed by atoms with Crippen molar-refractivity contribution >= 4 is 17.8 Å². The fourth-order valence-electron chi connectivity index (χ4n) is 3.42. The maximum Gasteiger partial charge on any atom is 0.433 e. The summed E-state index contributed by atoms with van der Waals surface area (Å²) in [5, 5.41) is 0. The summed E-state index contributed by atoms with van der Waals surface area (Å²) in [6.45, 7) is 5.97. The van der Waals surface area contributed by atoms with Gasteiger partial charge in [-0.15, -0.1) is 0 Å². The van der Waals surface area contributed by atoms with Gasteiger partial charge in [0.2, 0.25) is 0 Å². The van der Waals surface area contributed by atoms with E-state index in [0.29, 0.717) is 18.9 Å². The molecule has 0 atom stereocenters. The highest BCUT2D eigenvalue weighted by atomic mass is 32.2. The molecule has 0 aliphatic carbocycles. The Bertz CT molecular complexity index is 766. The predicted octanol–water partition coefficient (Wildman–Crippen LogP) is 3.75. The third-order valence-electron chi connectivity index (χ3n) is 4.93. The van der Waals surface area contributed by atoms with Gasteiger partial charge in [0.1, 0.15) is 11.5 Å². The highest BCUT2D eigenvalue weighted by molar-refractivity contribution is 7.97. The molecule has 0 radical (unpaired) electrons. The van der Waals surface area contributed by atoms with Crippen LogP contribution in [0.3, 0.4) is 0 Å². The molecule has 144 valence electrons. The van der Waals surface area contributed by atoms with Gasteiger partial charge in [0.15, 0.2) is 0 Å². The van der Waals surface area contributed by atoms with Gasteiger partial charge >= 0.3 is 6.18 Å². The normalized spacial score (nSPS) is 18.7. The SMILES string of the molecule is FC(F)(F)c1cccc(N2CCN(CCN3Cc4ccccc4S3)CC2)n1. The van der Waals surface area contributed by atoms with Crippen molar-refractivity contribution in [3.05, 3.63) is 53.7 Å². The molecule has 0 amide bonds. The van der Waals surface area contributed by atoms with Crippen LogP contribution < -0.4 is 4.90 Å². The monoisotopic (exact) mass is 394 g/mol. The van der Waals surface area contributed by atoms with Gasteiger partial charge in [-0.3, -0.25) is 4.90 Å². The fraction of sp³-hybridized carbons (Fsp3) is 0.421. The zero-order valence-electron chi connectivity index (χ0n) is 14.8. The van der Waals surface area contributed by atoms with E-state index in [0.717, 1.165) is 38.8 Å². The Kier molecular flexibility index (Phi) is 5.29. The standard InChI is InChI=1S/C19H21F3N4S/c20-19(21,22)17-6-3-7-18(23-17)25-11-8-24(9-12-25)10-13-26-14-15-4-1-2-5-16(15)27-26/h1-7H,8-14H2. The Hall–Kier alpha value is -1.77. The number of piperazine rings is 1. The molecule has 1 aromatic heterocycles. The molecule has 4 nitrogen and oxygen atoms in total. The molecule has 1 aromatic carbocycles. The summed E-state index contributed by atoms with van der Waals surface area (Å²) in [6, 6.07) is 12.6. The van der Waals surface area contributed by atoms with Crippen LogP contribution in [0.5, 0.6) is 0 Å². The summed E-state index contributed by atoms with van der Waals surface area (Å²) in [5.74, 6) is 0.412. The number of alkyl halides is 3. The smallest absolute Gasteiger partial charge is 0.354 e. The number of halogens is 3. The summed E-state index contributed by atoms with van der Waals surface area (Å²) < 4.78 is 40.9. The Morgan fingerprint density at radius 3 is 2.44 bits per heavy atom. The van der Waals surface area contributed by atoms with E-state index >= 15 is 0 Å². The zero-order valence-corrected chi connectivity index (χ0v) is 15.6. The van der Waals surface area contributed by atoms with Gasteiger partial charge in [0.05, 0.1) is 0 Å². The number of aromatic nitrogens is 1. The number of anilines is 1. The molecule has 1 fully saturated rings. The number of hydrogen-bond donors (Lipinski definition) is 0. The Balaban J connectivity index is 1.26. The van der Waals surface area contributed by atoms with E-state index in [-0.39, 0.29) is 0 Å². The zero-order chi connectivity index (χ0) is 18.9. The van der Waals surface area contributed by atoms with Crippen molar-refractivity contribution < 1.29 is 13.2 Å². The third kappa shape index (κ3) is 4.39. The van der Waals surface area contributed by atoms with E-state index in [1.807, 2.05) is 4.90 Å². The number of nitrogens with zero attached hydrogens (tertiary/aromatic N) is 4. The van der Waals surface area contributed by atoms with E-state index < -0.39 is 11.9 Å². The minimum Gasteiger partial charge on any atom is -0.354 e. The van der Waals surface area contributed by atoms with Crippen LogP contribution in [0.1, 0.15) is 11.3 Å². The summed E-state index contributed by atoms with van der Waals surface area (Å²) in [6.07, 6.45) is -4.40. The molecule has 27 heavy (non-hydrogen) atoms. The molecule has 1 saturated heterocycles. The molecular weight excluding hydrogens is 373 g/mol. The van der Waals surface area contributed by atoms with Crippen molar-refractivity contribution in [3.8, 4) is 0 Å². The van der Waals surface area contributed by atoms with Gasteiger partial charge < -0.3 is 4.90 Å². The molecule has 4 rings (SSSR count). The summed E-state index contributed by atoms with van der Waals surface area (Å²) in [5.41, 5.74) is 0.552. The Labute approximate surface area is 161 Å². The molecule has 2 aliphatic rings. The summed E-state index contributed by atoms with van der Waals surface area (Å²) in [4.78, 5) is 9.43. The Morgan fingerprint density at radius 2 is 1.70 bits per heavy atom. The molecule has 0 N–H and O–H groups in total. The highest BCUT2D eigenvalue weighted by Crippen LogP contribution is 2.35. The number of hydrogen-bond acceptors (Lipinski definition) is 5. The maximum atomic E-state index is 12.8. The van der Waals surface area contributed by atoms with Crippen LogP contribution in [0, 0.1) is 0 Å². The lowest BCUT2D eigenvalue weighted by Crippen LogP contribution is -2.48. The summed E-state index contributed by atoms with van der Waals surface area (Å²) in [7, 11) is 0. The van der Waals surface area contributed by atoms with Gasteiger partial charge in [-0.1, -0.05) is 24.3 Å². The second kappa shape index (κ2) is 7.69. The van der Waals surface area contributed by atoms with Crippen LogP contribution in [0.2, 0.25) is 0 Å². The van der Waals surface area contributed by atoms with Crippen LogP contribution in [0.4, 0.5) is 19.0 Å². The molecule has 2 aromatic rings. The first kappa shape index (κ1) is 18.6. The van der Waals surface area contributed by atoms with Crippen LogP contribution in [-0.4, -0.2) is 53.5 Å². The van der Waals surface area contributed by atoms with Crippen molar-refractivity contribution in [2.75, 3.05) is 44.2 Å². The van der Waals surface area contributed by atoms with Crippen molar-refractivity contribution in [2.24, 2.45) is 0 Å². The van der Waals surface area contributed by atoms with E-state index in [4.69, 9.17) is 0 Å². The van der Waals surface area contributed by atoms with Gasteiger partial charge in [-0.05, 0) is 35.7 Å². The van der Waals surface area contributed by atoms with E-state index in [9.17, 15) is 13.2 Å². The molecular formula is C19H21F3N4S. The van der Waals surface area contributed by atoms with Gasteiger partial charge in [-0.25, -0.2) is 9.29 Å². The minimum absolute atomic E-state index is 0.412. The van der Waals surface area contributed by atoms with Crippen molar-refractivity contribution in [2.45, 2.75) is 17.6 Å². The van der Waals surface area contributed by atoms with E-state index in [1.54, 1.807) is 18.0 Å². The average Bonchev–Trinajstić information content (AvgIpc) is 3.09. The van der Waals surface area contributed by atoms with E-state index in [2.05, 4.69) is 38.5 Å². The molecule has 0 unspecified atom stereocenters. The lowest BCUT2D eigenvalue weighted by atomic mass is 10.2. The second-order valence-electron chi connectivity index (χ2n) is 6.77. The lowest BCUT2D eigenvalue weighted by molar-refractivity contribution is -0.141. The first-order valence-corrected chi connectivity index (χ1v) is 9.79. The Morgan fingerprint density at radius 1 is 0.926 bits per heavy atom. The molecule has 0 saturated carbocycles. The second-order valence-corrected chi connectivity index (χ2v) is 7.91. The lowest BCUT2D eigenvalue weighted by Gasteiger charge is -2.36. The van der Waals surface area contributed by atoms with Crippen molar-refractivity contribution in [1.29, 1.82) is 0 Å². The molecule has 0 spiro atoms. The quantitative estimate of drug-likeness (QED) is 0.735. The maximum absolute atomic E-state index is 12.8. The van der Waals surface area contributed by atoms with Crippen LogP contribution >= 0.6 is 11.9 Å². The molecule has 0 bridgehead atoms. The highest BCUT2D eigenvalue weighted by Gasteiger charge is 2.33. The molecule has 8 heteroatoms. The number of rotatable bonds is 4. The van der Waals surface area contributed by atoms with Crippen LogP contribution in [0.15, 0.2) is 47.4 Å². The molecule has 2 aliphatic heterocycles.